The van der Waals surface area contributed by atoms with Gasteiger partial charge in [0.05, 0.1) is 7.11 Å². The molecule has 2 amide bonds. The molecule has 0 aromatic heterocycles. The van der Waals surface area contributed by atoms with Crippen molar-refractivity contribution < 1.29 is 19.1 Å². The number of methoxy groups -OCH3 is 1. The lowest BCUT2D eigenvalue weighted by molar-refractivity contribution is -0.121. The number of ketones is 1. The Morgan fingerprint density at radius 1 is 0.840 bits per heavy atom. The maximum atomic E-state index is 12.0. The summed E-state index contributed by atoms with van der Waals surface area (Å²) in [6, 6.07) is 15.4. The van der Waals surface area contributed by atoms with E-state index in [0.717, 1.165) is 0 Å². The molecule has 0 spiro atoms. The number of nitrogens with one attached hydrogen (secondary N) is 2. The van der Waals surface area contributed by atoms with Gasteiger partial charge >= 0.3 is 0 Å². The number of ether oxygens (including phenoxy) is 1. The average molecular weight is 340 g/mol. The molecule has 25 heavy (non-hydrogen) atoms. The number of carbonyl (C=O) groups is 3. The predicted octanol–water partition coefficient (Wildman–Crippen LogP) is 2.51. The van der Waals surface area contributed by atoms with E-state index in [-0.39, 0.29) is 30.4 Å². The van der Waals surface area contributed by atoms with E-state index in [1.807, 2.05) is 0 Å². The van der Waals surface area contributed by atoms with Crippen LogP contribution in [0, 0.1) is 0 Å². The molecule has 0 radical (unpaired) electrons. The first-order chi connectivity index (χ1) is 12.1. The normalized spacial score (nSPS) is 9.96. The van der Waals surface area contributed by atoms with E-state index in [2.05, 4.69) is 10.9 Å². The summed E-state index contributed by atoms with van der Waals surface area (Å²) >= 11 is 0. The molecule has 0 heterocycles. The van der Waals surface area contributed by atoms with Crippen LogP contribution in [0.4, 0.5) is 0 Å². The van der Waals surface area contributed by atoms with Crippen LogP contribution in [0.1, 0.15) is 40.0 Å². The highest BCUT2D eigenvalue weighted by molar-refractivity contribution is 5.97. The van der Waals surface area contributed by atoms with E-state index in [0.29, 0.717) is 23.3 Å². The Hall–Kier alpha value is -3.15. The van der Waals surface area contributed by atoms with Crippen molar-refractivity contribution in [3.63, 3.8) is 0 Å². The summed E-state index contributed by atoms with van der Waals surface area (Å²) in [6.45, 7) is 0. The number of benzene rings is 2. The van der Waals surface area contributed by atoms with Crippen LogP contribution >= 0.6 is 0 Å². The predicted molar refractivity (Wildman–Crippen MR) is 93.2 cm³/mol. The number of hydrazine groups is 1. The Morgan fingerprint density at radius 2 is 1.52 bits per heavy atom. The van der Waals surface area contributed by atoms with Crippen LogP contribution in [0.25, 0.3) is 0 Å². The maximum Gasteiger partial charge on any atom is 0.269 e. The minimum Gasteiger partial charge on any atom is -0.497 e. The van der Waals surface area contributed by atoms with Gasteiger partial charge in [-0.15, -0.1) is 0 Å². The Bertz CT molecular complexity index is 727. The molecule has 2 aromatic carbocycles. The van der Waals surface area contributed by atoms with E-state index in [1.165, 1.54) is 0 Å². The summed E-state index contributed by atoms with van der Waals surface area (Å²) < 4.78 is 5.04. The third-order valence-electron chi connectivity index (χ3n) is 3.57. The Kier molecular flexibility index (Phi) is 6.71. The fourth-order valence-electron chi connectivity index (χ4n) is 2.18. The van der Waals surface area contributed by atoms with Crippen molar-refractivity contribution in [2.75, 3.05) is 7.11 Å². The van der Waals surface area contributed by atoms with E-state index in [9.17, 15) is 14.4 Å². The monoisotopic (exact) mass is 340 g/mol. The molecular weight excluding hydrogens is 320 g/mol. The SMILES string of the molecule is COc1ccc(C(=O)CCCC(=O)NNC(=O)c2ccccc2)cc1. The van der Waals surface area contributed by atoms with E-state index >= 15 is 0 Å². The topological polar surface area (TPSA) is 84.5 Å². The van der Waals surface area contributed by atoms with E-state index < -0.39 is 0 Å². The fourth-order valence-corrected chi connectivity index (χ4v) is 2.18. The van der Waals surface area contributed by atoms with Crippen LogP contribution in [0.3, 0.4) is 0 Å². The van der Waals surface area contributed by atoms with Crippen molar-refractivity contribution in [3.05, 3.63) is 65.7 Å². The summed E-state index contributed by atoms with van der Waals surface area (Å²) in [7, 11) is 1.56. The van der Waals surface area contributed by atoms with Gasteiger partial charge in [-0.2, -0.15) is 0 Å². The third-order valence-corrected chi connectivity index (χ3v) is 3.57. The average Bonchev–Trinajstić information content (AvgIpc) is 2.66. The van der Waals surface area contributed by atoms with Crippen molar-refractivity contribution in [2.24, 2.45) is 0 Å². The number of carbonyl (C=O) groups excluding carboxylic acids is 3. The summed E-state index contributed by atoms with van der Waals surface area (Å²) in [4.78, 5) is 35.5. The number of hydrogen-bond acceptors (Lipinski definition) is 4. The minimum absolute atomic E-state index is 0.0382. The summed E-state index contributed by atoms with van der Waals surface area (Å²) in [6.07, 6.45) is 0.807. The molecule has 2 rings (SSSR count). The molecule has 6 nitrogen and oxygen atoms in total. The molecule has 0 fully saturated rings. The van der Waals surface area contributed by atoms with Gasteiger partial charge in [-0.25, -0.2) is 0 Å². The molecule has 0 saturated carbocycles. The van der Waals surface area contributed by atoms with Crippen molar-refractivity contribution in [1.82, 2.24) is 10.9 Å². The first-order valence-electron chi connectivity index (χ1n) is 7.91. The van der Waals surface area contributed by atoms with Gasteiger partial charge in [-0.1, -0.05) is 18.2 Å². The van der Waals surface area contributed by atoms with Gasteiger partial charge in [-0.05, 0) is 42.8 Å². The third kappa shape index (κ3) is 5.76. The molecule has 2 aromatic rings. The van der Waals surface area contributed by atoms with E-state index in [1.54, 1.807) is 61.7 Å². The smallest absolute Gasteiger partial charge is 0.269 e. The largest absolute Gasteiger partial charge is 0.497 e. The zero-order valence-electron chi connectivity index (χ0n) is 14.0. The first kappa shape index (κ1) is 18.2. The van der Waals surface area contributed by atoms with Gasteiger partial charge < -0.3 is 4.74 Å². The zero-order valence-corrected chi connectivity index (χ0v) is 14.0. The lowest BCUT2D eigenvalue weighted by Gasteiger charge is -2.07. The van der Waals surface area contributed by atoms with Crippen LogP contribution in [0.5, 0.6) is 5.75 Å². The second-order valence-corrected chi connectivity index (χ2v) is 5.37. The van der Waals surface area contributed by atoms with Crippen LogP contribution in [0.2, 0.25) is 0 Å². The molecule has 0 atom stereocenters. The van der Waals surface area contributed by atoms with E-state index in [4.69, 9.17) is 4.74 Å². The van der Waals surface area contributed by atoms with Crippen LogP contribution in [-0.2, 0) is 4.79 Å². The first-order valence-corrected chi connectivity index (χ1v) is 7.91. The second-order valence-electron chi connectivity index (χ2n) is 5.37. The van der Waals surface area contributed by atoms with Crippen molar-refractivity contribution in [2.45, 2.75) is 19.3 Å². The highest BCUT2D eigenvalue weighted by atomic mass is 16.5. The number of amides is 2. The molecule has 0 aliphatic carbocycles. The lowest BCUT2D eigenvalue weighted by atomic mass is 10.1. The van der Waals surface area contributed by atoms with Crippen LogP contribution in [-0.4, -0.2) is 24.7 Å². The molecule has 0 unspecified atom stereocenters. The number of Topliss-reactive ketones (excluding diaryl/α,β-unsaturated/α-hetero) is 1. The number of rotatable bonds is 7. The maximum absolute atomic E-state index is 12.0. The van der Waals surface area contributed by atoms with Crippen LogP contribution < -0.4 is 15.6 Å². The molecule has 130 valence electrons. The summed E-state index contributed by atoms with van der Waals surface area (Å²) in [5, 5.41) is 0. The molecule has 0 aliphatic heterocycles. The van der Waals surface area contributed by atoms with Gasteiger partial charge in [0.25, 0.3) is 5.91 Å². The van der Waals surface area contributed by atoms with Gasteiger partial charge in [0.2, 0.25) is 5.91 Å². The molecule has 0 aliphatic rings. The molecular formula is C19H20N2O4. The standard InChI is InChI=1S/C19H20N2O4/c1-25-16-12-10-14(11-13-16)17(22)8-5-9-18(23)20-21-19(24)15-6-3-2-4-7-15/h2-4,6-7,10-13H,5,8-9H2,1H3,(H,20,23)(H,21,24). The molecule has 6 heteroatoms. The zero-order chi connectivity index (χ0) is 18.1. The summed E-state index contributed by atoms with van der Waals surface area (Å²) in [5.41, 5.74) is 5.73. The second kappa shape index (κ2) is 9.22. The Morgan fingerprint density at radius 3 is 2.16 bits per heavy atom. The quantitative estimate of drug-likeness (QED) is 0.599. The van der Waals surface area contributed by atoms with Crippen molar-refractivity contribution in [1.29, 1.82) is 0 Å². The minimum atomic E-state index is -0.386. The number of hydrogen-bond donors (Lipinski definition) is 2. The summed E-state index contributed by atoms with van der Waals surface area (Å²) in [5.74, 6) is -0.0797. The molecule has 2 N–H and O–H groups in total. The highest BCUT2D eigenvalue weighted by Crippen LogP contribution is 2.13. The highest BCUT2D eigenvalue weighted by Gasteiger charge is 2.09. The Labute approximate surface area is 146 Å². The lowest BCUT2D eigenvalue weighted by Crippen LogP contribution is -2.41. The van der Waals surface area contributed by atoms with Gasteiger partial charge in [0.15, 0.2) is 5.78 Å². The van der Waals surface area contributed by atoms with Crippen molar-refractivity contribution in [3.8, 4) is 5.75 Å². The Balaban J connectivity index is 1.69. The van der Waals surface area contributed by atoms with Crippen LogP contribution in [0.15, 0.2) is 54.6 Å². The van der Waals surface area contributed by atoms with Crippen molar-refractivity contribution >= 4 is 17.6 Å². The van der Waals surface area contributed by atoms with Gasteiger partial charge in [0, 0.05) is 24.0 Å². The fraction of sp³-hybridized carbons (Fsp3) is 0.211. The van der Waals surface area contributed by atoms with Gasteiger partial charge in [0.1, 0.15) is 5.75 Å². The molecule has 0 saturated heterocycles. The van der Waals surface area contributed by atoms with Gasteiger partial charge in [-0.3, -0.25) is 25.2 Å². The molecule has 0 bridgehead atoms.